The maximum absolute atomic E-state index is 8.61. The van der Waals surface area contributed by atoms with E-state index in [1.54, 1.807) is 0 Å². The molecule has 148 valence electrons. The summed E-state index contributed by atoms with van der Waals surface area (Å²) >= 11 is 0. The standard InChI is InChI=1S/C24H30N2O2/c1-20-7-2-3-10-23(20)24(11-15-27-16-12-24)19-26-18-21-8-6-9-22(17-21)28-14-5-4-13-25/h2-3,6-10,17,26H,4-5,11-12,14-16,18-19H2,1H3. The highest BCUT2D eigenvalue weighted by atomic mass is 16.5. The highest BCUT2D eigenvalue weighted by molar-refractivity contribution is 5.34. The first-order valence-electron chi connectivity index (χ1n) is 10.2. The minimum Gasteiger partial charge on any atom is -0.494 e. The molecule has 0 spiro atoms. The van der Waals surface area contributed by atoms with Gasteiger partial charge < -0.3 is 14.8 Å². The second-order valence-electron chi connectivity index (χ2n) is 7.57. The van der Waals surface area contributed by atoms with Crippen molar-refractivity contribution in [2.75, 3.05) is 26.4 Å². The van der Waals surface area contributed by atoms with Crippen molar-refractivity contribution in [2.24, 2.45) is 0 Å². The lowest BCUT2D eigenvalue weighted by atomic mass is 9.72. The molecule has 2 aromatic carbocycles. The van der Waals surface area contributed by atoms with Crippen molar-refractivity contribution in [1.82, 2.24) is 5.32 Å². The van der Waals surface area contributed by atoms with Crippen molar-refractivity contribution < 1.29 is 9.47 Å². The smallest absolute Gasteiger partial charge is 0.119 e. The molecule has 0 aromatic heterocycles. The largest absolute Gasteiger partial charge is 0.494 e. The van der Waals surface area contributed by atoms with Gasteiger partial charge in [0.25, 0.3) is 0 Å². The minimum atomic E-state index is 0.134. The van der Waals surface area contributed by atoms with E-state index in [2.05, 4.69) is 54.7 Å². The molecule has 0 radical (unpaired) electrons. The number of nitrogens with zero attached hydrogens (tertiary/aromatic N) is 1. The first-order valence-corrected chi connectivity index (χ1v) is 10.2. The monoisotopic (exact) mass is 378 g/mol. The van der Waals surface area contributed by atoms with Gasteiger partial charge in [-0.1, -0.05) is 36.4 Å². The van der Waals surface area contributed by atoms with E-state index in [4.69, 9.17) is 14.7 Å². The van der Waals surface area contributed by atoms with Gasteiger partial charge in [0.05, 0.1) is 12.7 Å². The summed E-state index contributed by atoms with van der Waals surface area (Å²) in [6.45, 7) is 6.18. The van der Waals surface area contributed by atoms with E-state index in [0.29, 0.717) is 13.0 Å². The third kappa shape index (κ3) is 5.34. The molecule has 1 aliphatic rings. The zero-order chi connectivity index (χ0) is 19.7. The molecule has 2 aromatic rings. The average molecular weight is 379 g/mol. The number of nitriles is 1. The lowest BCUT2D eigenvalue weighted by molar-refractivity contribution is 0.0496. The molecule has 4 heteroatoms. The highest BCUT2D eigenvalue weighted by Gasteiger charge is 2.35. The normalized spacial score (nSPS) is 15.7. The van der Waals surface area contributed by atoms with Crippen LogP contribution in [-0.2, 0) is 16.7 Å². The van der Waals surface area contributed by atoms with E-state index >= 15 is 0 Å². The van der Waals surface area contributed by atoms with Crippen LogP contribution < -0.4 is 10.1 Å². The van der Waals surface area contributed by atoms with E-state index < -0.39 is 0 Å². The Bertz CT molecular complexity index is 791. The highest BCUT2D eigenvalue weighted by Crippen LogP contribution is 2.36. The summed E-state index contributed by atoms with van der Waals surface area (Å²) < 4.78 is 11.4. The third-order valence-electron chi connectivity index (χ3n) is 5.56. The summed E-state index contributed by atoms with van der Waals surface area (Å²) in [5, 5.41) is 12.3. The SMILES string of the molecule is Cc1ccccc1C1(CNCc2cccc(OCCCC#N)c2)CCOCC1. The molecule has 1 saturated heterocycles. The fourth-order valence-electron chi connectivity index (χ4n) is 4.00. The van der Waals surface area contributed by atoms with E-state index in [-0.39, 0.29) is 5.41 Å². The summed E-state index contributed by atoms with van der Waals surface area (Å²) in [5.41, 5.74) is 4.15. The van der Waals surface area contributed by atoms with Gasteiger partial charge in [-0.05, 0) is 55.0 Å². The van der Waals surface area contributed by atoms with Crippen LogP contribution in [0.2, 0.25) is 0 Å². The Morgan fingerprint density at radius 1 is 1.14 bits per heavy atom. The zero-order valence-corrected chi connectivity index (χ0v) is 16.7. The van der Waals surface area contributed by atoms with Gasteiger partial charge >= 0.3 is 0 Å². The topological polar surface area (TPSA) is 54.3 Å². The zero-order valence-electron chi connectivity index (χ0n) is 16.7. The van der Waals surface area contributed by atoms with Crippen LogP contribution in [0.5, 0.6) is 5.75 Å². The Hall–Kier alpha value is -2.35. The van der Waals surface area contributed by atoms with Crippen LogP contribution in [0.1, 0.15) is 42.4 Å². The van der Waals surface area contributed by atoms with Gasteiger partial charge in [0, 0.05) is 38.1 Å². The average Bonchev–Trinajstić information content (AvgIpc) is 2.73. The molecular formula is C24H30N2O2. The third-order valence-corrected chi connectivity index (χ3v) is 5.56. The number of nitrogens with one attached hydrogen (secondary N) is 1. The summed E-state index contributed by atoms with van der Waals surface area (Å²) in [5.74, 6) is 0.872. The predicted octanol–water partition coefficient (Wildman–Crippen LogP) is 4.52. The number of aryl methyl sites for hydroxylation is 1. The molecule has 0 atom stereocenters. The van der Waals surface area contributed by atoms with Crippen molar-refractivity contribution in [1.29, 1.82) is 5.26 Å². The molecule has 4 nitrogen and oxygen atoms in total. The summed E-state index contributed by atoms with van der Waals surface area (Å²) in [7, 11) is 0. The van der Waals surface area contributed by atoms with Gasteiger partial charge in [0.2, 0.25) is 0 Å². The number of benzene rings is 2. The second kappa shape index (κ2) is 10.3. The van der Waals surface area contributed by atoms with Gasteiger partial charge in [-0.15, -0.1) is 0 Å². The van der Waals surface area contributed by atoms with E-state index in [0.717, 1.165) is 51.3 Å². The first-order chi connectivity index (χ1) is 13.7. The Morgan fingerprint density at radius 3 is 2.75 bits per heavy atom. The molecule has 1 aliphatic heterocycles. The van der Waals surface area contributed by atoms with Gasteiger partial charge in [-0.25, -0.2) is 0 Å². The molecule has 0 aliphatic carbocycles. The van der Waals surface area contributed by atoms with Crippen LogP contribution in [0.4, 0.5) is 0 Å². The van der Waals surface area contributed by atoms with E-state index in [1.165, 1.54) is 16.7 Å². The van der Waals surface area contributed by atoms with Gasteiger partial charge in [0.15, 0.2) is 0 Å². The summed E-state index contributed by atoms with van der Waals surface area (Å²) in [6, 6.07) is 19.1. The van der Waals surface area contributed by atoms with Crippen LogP contribution in [0.25, 0.3) is 0 Å². The van der Waals surface area contributed by atoms with Crippen LogP contribution in [-0.4, -0.2) is 26.4 Å². The summed E-state index contributed by atoms with van der Waals surface area (Å²) in [6.07, 6.45) is 3.39. The van der Waals surface area contributed by atoms with E-state index in [9.17, 15) is 0 Å². The number of unbranched alkanes of at least 4 members (excludes halogenated alkanes) is 1. The molecule has 0 unspecified atom stereocenters. The molecule has 28 heavy (non-hydrogen) atoms. The predicted molar refractivity (Wildman–Crippen MR) is 111 cm³/mol. The minimum absolute atomic E-state index is 0.134. The first kappa shape index (κ1) is 20.4. The van der Waals surface area contributed by atoms with Gasteiger partial charge in [-0.2, -0.15) is 5.26 Å². The maximum Gasteiger partial charge on any atom is 0.119 e. The molecule has 1 heterocycles. The number of hydrogen-bond acceptors (Lipinski definition) is 4. The van der Waals surface area contributed by atoms with Crippen molar-refractivity contribution in [3.8, 4) is 11.8 Å². The van der Waals surface area contributed by atoms with Crippen molar-refractivity contribution >= 4 is 0 Å². The van der Waals surface area contributed by atoms with Crippen LogP contribution in [0.3, 0.4) is 0 Å². The van der Waals surface area contributed by atoms with Crippen molar-refractivity contribution in [2.45, 2.75) is 44.6 Å². The fraction of sp³-hybridized carbons (Fsp3) is 0.458. The Morgan fingerprint density at radius 2 is 1.96 bits per heavy atom. The summed E-state index contributed by atoms with van der Waals surface area (Å²) in [4.78, 5) is 0. The lowest BCUT2D eigenvalue weighted by Crippen LogP contribution is -2.43. The molecule has 0 amide bonds. The molecule has 0 saturated carbocycles. The molecule has 3 rings (SSSR count). The molecule has 1 fully saturated rings. The van der Waals surface area contributed by atoms with Crippen LogP contribution in [0, 0.1) is 18.3 Å². The lowest BCUT2D eigenvalue weighted by Gasteiger charge is -2.39. The Kier molecular flexibility index (Phi) is 7.47. The van der Waals surface area contributed by atoms with Crippen LogP contribution in [0.15, 0.2) is 48.5 Å². The van der Waals surface area contributed by atoms with Crippen molar-refractivity contribution in [3.63, 3.8) is 0 Å². The van der Waals surface area contributed by atoms with Gasteiger partial charge in [0.1, 0.15) is 5.75 Å². The molecular weight excluding hydrogens is 348 g/mol. The number of ether oxygens (including phenoxy) is 2. The van der Waals surface area contributed by atoms with E-state index in [1.807, 2.05) is 12.1 Å². The van der Waals surface area contributed by atoms with Crippen molar-refractivity contribution in [3.05, 3.63) is 65.2 Å². The van der Waals surface area contributed by atoms with Gasteiger partial charge in [-0.3, -0.25) is 0 Å². The number of rotatable bonds is 9. The maximum atomic E-state index is 8.61. The Balaban J connectivity index is 1.61. The Labute approximate surface area is 168 Å². The van der Waals surface area contributed by atoms with Crippen LogP contribution >= 0.6 is 0 Å². The quantitative estimate of drug-likeness (QED) is 0.652. The number of hydrogen-bond donors (Lipinski definition) is 1. The second-order valence-corrected chi connectivity index (χ2v) is 7.57. The molecule has 1 N–H and O–H groups in total. The molecule has 0 bridgehead atoms. The fourth-order valence-corrected chi connectivity index (χ4v) is 4.00.